The first-order valence-corrected chi connectivity index (χ1v) is 10.6. The molecule has 2 heterocycles. The fraction of sp³-hybridized carbons (Fsp3) is 0.125. The average molecular weight is 396 g/mol. The first kappa shape index (κ1) is 17.7. The lowest BCUT2D eigenvalue weighted by atomic mass is 10.4. The van der Waals surface area contributed by atoms with Gasteiger partial charge in [-0.3, -0.25) is 4.79 Å². The topological polar surface area (TPSA) is 76.1 Å². The molecule has 0 saturated heterocycles. The molecule has 0 bridgehead atoms. The van der Waals surface area contributed by atoms with E-state index >= 15 is 0 Å². The monoisotopic (exact) mass is 396 g/mol. The van der Waals surface area contributed by atoms with Crippen LogP contribution in [0.4, 0.5) is 9.52 Å². The Morgan fingerprint density at radius 2 is 1.92 bits per heavy atom. The molecule has 0 fully saturated rings. The maximum Gasteiger partial charge on any atom is 0.227 e. The van der Waals surface area contributed by atoms with Crippen molar-refractivity contribution in [3.63, 3.8) is 0 Å². The summed E-state index contributed by atoms with van der Waals surface area (Å²) in [5.41, 5.74) is 0.772. The maximum absolute atomic E-state index is 12.9. The van der Waals surface area contributed by atoms with Crippen LogP contribution in [0.2, 0.25) is 0 Å². The highest BCUT2D eigenvalue weighted by Crippen LogP contribution is 2.28. The van der Waals surface area contributed by atoms with E-state index in [1.807, 2.05) is 22.9 Å². The van der Waals surface area contributed by atoms with E-state index in [0.717, 1.165) is 22.7 Å². The SMILES string of the molecule is O=C(CCS(=O)(=O)c1ccc(F)cc1)Nc1nc(-c2cccs2)cs1. The van der Waals surface area contributed by atoms with E-state index in [0.29, 0.717) is 5.13 Å². The highest BCUT2D eigenvalue weighted by molar-refractivity contribution is 7.91. The number of benzene rings is 1. The smallest absolute Gasteiger partial charge is 0.227 e. The van der Waals surface area contributed by atoms with Gasteiger partial charge in [0.05, 0.1) is 21.2 Å². The number of nitrogens with one attached hydrogen (secondary N) is 1. The molecule has 3 rings (SSSR count). The van der Waals surface area contributed by atoms with Crippen molar-refractivity contribution in [1.82, 2.24) is 4.98 Å². The maximum atomic E-state index is 12.9. The normalized spacial score (nSPS) is 11.4. The van der Waals surface area contributed by atoms with Gasteiger partial charge in [-0.2, -0.15) is 0 Å². The van der Waals surface area contributed by atoms with E-state index in [1.165, 1.54) is 23.5 Å². The van der Waals surface area contributed by atoms with Crippen molar-refractivity contribution in [1.29, 1.82) is 0 Å². The molecule has 130 valence electrons. The van der Waals surface area contributed by atoms with Crippen LogP contribution in [-0.4, -0.2) is 25.1 Å². The van der Waals surface area contributed by atoms with Gasteiger partial charge in [0, 0.05) is 11.8 Å². The molecule has 0 unspecified atom stereocenters. The number of hydrogen-bond donors (Lipinski definition) is 1. The zero-order valence-corrected chi connectivity index (χ0v) is 15.3. The number of sulfone groups is 1. The third-order valence-corrected chi connectivity index (χ3v) is 6.68. The zero-order chi connectivity index (χ0) is 17.9. The summed E-state index contributed by atoms with van der Waals surface area (Å²) >= 11 is 2.83. The molecule has 0 atom stereocenters. The Kier molecular flexibility index (Phi) is 5.26. The van der Waals surface area contributed by atoms with E-state index in [2.05, 4.69) is 10.3 Å². The number of carbonyl (C=O) groups excluding carboxylic acids is 1. The number of hydrogen-bond acceptors (Lipinski definition) is 6. The second-order valence-corrected chi connectivity index (χ2v) is 9.00. The van der Waals surface area contributed by atoms with Gasteiger partial charge in [0.15, 0.2) is 15.0 Å². The van der Waals surface area contributed by atoms with Crippen molar-refractivity contribution >= 4 is 43.5 Å². The summed E-state index contributed by atoms with van der Waals surface area (Å²) < 4.78 is 37.2. The molecule has 0 radical (unpaired) electrons. The molecule has 1 aromatic carbocycles. The second-order valence-electron chi connectivity index (χ2n) is 5.09. The predicted molar refractivity (Wildman–Crippen MR) is 97.1 cm³/mol. The van der Waals surface area contributed by atoms with Crippen LogP contribution < -0.4 is 5.32 Å². The highest BCUT2D eigenvalue weighted by atomic mass is 32.2. The van der Waals surface area contributed by atoms with Crippen LogP contribution in [0.5, 0.6) is 0 Å². The van der Waals surface area contributed by atoms with Crippen molar-refractivity contribution in [2.75, 3.05) is 11.1 Å². The largest absolute Gasteiger partial charge is 0.302 e. The minimum atomic E-state index is -3.64. The van der Waals surface area contributed by atoms with Gasteiger partial charge in [-0.1, -0.05) is 6.07 Å². The molecule has 0 aliphatic carbocycles. The minimum Gasteiger partial charge on any atom is -0.302 e. The van der Waals surface area contributed by atoms with Crippen molar-refractivity contribution in [2.45, 2.75) is 11.3 Å². The first-order valence-electron chi connectivity index (χ1n) is 7.22. The molecule has 1 N–H and O–H groups in total. The third-order valence-electron chi connectivity index (χ3n) is 3.29. The third kappa shape index (κ3) is 4.50. The van der Waals surface area contributed by atoms with Crippen LogP contribution in [0, 0.1) is 5.82 Å². The van der Waals surface area contributed by atoms with Crippen molar-refractivity contribution in [3.8, 4) is 10.6 Å². The lowest BCUT2D eigenvalue weighted by molar-refractivity contribution is -0.115. The van der Waals surface area contributed by atoms with Crippen molar-refractivity contribution in [2.24, 2.45) is 0 Å². The van der Waals surface area contributed by atoms with E-state index in [-0.39, 0.29) is 17.1 Å². The van der Waals surface area contributed by atoms with E-state index < -0.39 is 21.6 Å². The Morgan fingerprint density at radius 1 is 1.16 bits per heavy atom. The molecule has 0 aliphatic rings. The quantitative estimate of drug-likeness (QED) is 0.643. The van der Waals surface area contributed by atoms with Gasteiger partial charge in [-0.25, -0.2) is 17.8 Å². The number of carbonyl (C=O) groups is 1. The summed E-state index contributed by atoms with van der Waals surface area (Å²) in [5, 5.41) is 6.80. The summed E-state index contributed by atoms with van der Waals surface area (Å²) in [6.07, 6.45) is -0.201. The Balaban J connectivity index is 1.58. The highest BCUT2D eigenvalue weighted by Gasteiger charge is 2.17. The van der Waals surface area contributed by atoms with Gasteiger partial charge >= 0.3 is 0 Å². The van der Waals surface area contributed by atoms with Crippen LogP contribution in [0.1, 0.15) is 6.42 Å². The molecule has 9 heteroatoms. The number of thiophene rings is 1. The van der Waals surface area contributed by atoms with E-state index in [4.69, 9.17) is 0 Å². The number of nitrogens with zero attached hydrogens (tertiary/aromatic N) is 1. The second kappa shape index (κ2) is 7.42. The molecule has 2 aromatic heterocycles. The number of rotatable bonds is 6. The summed E-state index contributed by atoms with van der Waals surface area (Å²) in [6, 6.07) is 8.38. The van der Waals surface area contributed by atoms with Crippen LogP contribution >= 0.6 is 22.7 Å². The lowest BCUT2D eigenvalue weighted by Gasteiger charge is -2.04. The van der Waals surface area contributed by atoms with Crippen LogP contribution in [0.3, 0.4) is 0 Å². The Hall–Kier alpha value is -2.10. The summed E-state index contributed by atoms with van der Waals surface area (Å²) in [7, 11) is -3.64. The molecular formula is C16H13FN2O3S3. The van der Waals surface area contributed by atoms with Crippen molar-refractivity contribution < 1.29 is 17.6 Å². The number of halogens is 1. The van der Waals surface area contributed by atoms with Gasteiger partial charge in [-0.15, -0.1) is 22.7 Å². The molecule has 25 heavy (non-hydrogen) atoms. The van der Waals surface area contributed by atoms with Gasteiger partial charge in [0.25, 0.3) is 0 Å². The molecule has 0 saturated carbocycles. The Morgan fingerprint density at radius 3 is 2.60 bits per heavy atom. The molecule has 0 spiro atoms. The fourth-order valence-corrected chi connectivity index (χ4v) is 4.77. The average Bonchev–Trinajstić information content (AvgIpc) is 3.25. The van der Waals surface area contributed by atoms with Crippen LogP contribution in [-0.2, 0) is 14.6 Å². The van der Waals surface area contributed by atoms with Gasteiger partial charge in [0.2, 0.25) is 5.91 Å². The summed E-state index contributed by atoms with van der Waals surface area (Å²) in [6.45, 7) is 0. The van der Waals surface area contributed by atoms with Crippen LogP contribution in [0.25, 0.3) is 10.6 Å². The summed E-state index contributed by atoms with van der Waals surface area (Å²) in [5.74, 6) is -1.30. The van der Waals surface area contributed by atoms with Crippen LogP contribution in [0.15, 0.2) is 52.1 Å². The first-order chi connectivity index (χ1) is 11.9. The molecule has 1 amide bonds. The zero-order valence-electron chi connectivity index (χ0n) is 12.8. The molecule has 0 aliphatic heterocycles. The number of anilines is 1. The lowest BCUT2D eigenvalue weighted by Crippen LogP contribution is -2.17. The Bertz CT molecular complexity index is 964. The molecule has 5 nitrogen and oxygen atoms in total. The number of amides is 1. The predicted octanol–water partition coefficient (Wildman–Crippen LogP) is 3.81. The summed E-state index contributed by atoms with van der Waals surface area (Å²) in [4.78, 5) is 17.3. The van der Waals surface area contributed by atoms with E-state index in [1.54, 1.807) is 11.3 Å². The fourth-order valence-electron chi connectivity index (χ4n) is 2.04. The Labute approximate surface area is 152 Å². The van der Waals surface area contributed by atoms with E-state index in [9.17, 15) is 17.6 Å². The number of aromatic nitrogens is 1. The standard InChI is InChI=1S/C16H13FN2O3S3/c17-11-3-5-12(6-4-11)25(21,22)9-7-15(20)19-16-18-13(10-24-16)14-2-1-8-23-14/h1-6,8,10H,7,9H2,(H,18,19,20). The molecule has 3 aromatic rings. The van der Waals surface area contributed by atoms with Crippen molar-refractivity contribution in [3.05, 3.63) is 53.0 Å². The minimum absolute atomic E-state index is 0.00377. The van der Waals surface area contributed by atoms with Gasteiger partial charge in [-0.05, 0) is 35.7 Å². The number of thiazole rings is 1. The van der Waals surface area contributed by atoms with Gasteiger partial charge in [0.1, 0.15) is 5.82 Å². The molecular weight excluding hydrogens is 383 g/mol. The van der Waals surface area contributed by atoms with Gasteiger partial charge < -0.3 is 5.32 Å².